The fourth-order valence-electron chi connectivity index (χ4n) is 3.87. The first kappa shape index (κ1) is 20.1. The van der Waals surface area contributed by atoms with Gasteiger partial charge in [0.2, 0.25) is 4.96 Å². The first-order valence-corrected chi connectivity index (χ1v) is 12.0. The van der Waals surface area contributed by atoms with Gasteiger partial charge in [0.05, 0.1) is 4.53 Å². The Kier molecular flexibility index (Phi) is 4.93. The number of benzene rings is 3. The van der Waals surface area contributed by atoms with E-state index in [9.17, 15) is 4.79 Å². The van der Waals surface area contributed by atoms with Crippen molar-refractivity contribution in [2.24, 2.45) is 0 Å². The third-order valence-electron chi connectivity index (χ3n) is 5.47. The summed E-state index contributed by atoms with van der Waals surface area (Å²) < 4.78 is 9.27. The molecule has 0 saturated carbocycles. The molecule has 6 rings (SSSR count). The number of hydrogen-bond acceptors (Lipinski definition) is 5. The zero-order chi connectivity index (χ0) is 22.4. The number of nitrogens with zero attached hydrogens (tertiary/aromatic N) is 3. The van der Waals surface area contributed by atoms with Gasteiger partial charge < -0.3 is 4.74 Å². The van der Waals surface area contributed by atoms with E-state index >= 15 is 0 Å². The van der Waals surface area contributed by atoms with E-state index in [1.54, 1.807) is 0 Å². The molecule has 3 aromatic carbocycles. The molecule has 33 heavy (non-hydrogen) atoms. The highest BCUT2D eigenvalue weighted by Gasteiger charge is 2.23. The Morgan fingerprint density at radius 2 is 1.73 bits per heavy atom. The lowest BCUT2D eigenvalue weighted by Gasteiger charge is -2.26. The maximum atomic E-state index is 13.2. The summed E-state index contributed by atoms with van der Waals surface area (Å²) in [5, 5.41) is 4.46. The molecular formula is C26H16BrN3O2S. The second-order valence-electron chi connectivity index (χ2n) is 7.64. The highest BCUT2D eigenvalue weighted by atomic mass is 79.9. The quantitative estimate of drug-likeness (QED) is 0.328. The third kappa shape index (κ3) is 3.69. The smallest absolute Gasteiger partial charge is 0.291 e. The molecule has 5 aromatic rings. The number of ether oxygens (including phenoxy) is 1. The number of hydrogen-bond donors (Lipinski definition) is 0. The van der Waals surface area contributed by atoms with E-state index in [1.165, 1.54) is 15.9 Å². The van der Waals surface area contributed by atoms with Crippen LogP contribution in [0.5, 0.6) is 5.75 Å². The Morgan fingerprint density at radius 3 is 2.52 bits per heavy atom. The predicted molar refractivity (Wildman–Crippen MR) is 134 cm³/mol. The summed E-state index contributed by atoms with van der Waals surface area (Å²) >= 11 is 4.76. The summed E-state index contributed by atoms with van der Waals surface area (Å²) in [4.78, 5) is 18.3. The van der Waals surface area contributed by atoms with Gasteiger partial charge in [0, 0.05) is 15.6 Å². The number of rotatable bonds is 3. The van der Waals surface area contributed by atoms with Gasteiger partial charge in [-0.3, -0.25) is 4.79 Å². The fraction of sp³-hybridized carbons (Fsp3) is 0.0385. The normalized spacial score (nSPS) is 15.8. The summed E-state index contributed by atoms with van der Waals surface area (Å²) in [6, 6.07) is 25.6. The number of fused-ring (bicyclic) bond motifs is 2. The van der Waals surface area contributed by atoms with Gasteiger partial charge in [0.1, 0.15) is 11.9 Å². The molecule has 1 aliphatic heterocycles. The molecule has 0 radical (unpaired) electrons. The van der Waals surface area contributed by atoms with Crippen LogP contribution in [0, 0.1) is 0 Å². The van der Waals surface area contributed by atoms with E-state index in [0.717, 1.165) is 32.5 Å². The van der Waals surface area contributed by atoms with E-state index in [1.807, 2.05) is 84.9 Å². The molecule has 1 atom stereocenters. The monoisotopic (exact) mass is 513 g/mol. The Bertz CT molecular complexity index is 1620. The van der Waals surface area contributed by atoms with Crippen molar-refractivity contribution >= 4 is 44.4 Å². The highest BCUT2D eigenvalue weighted by Crippen LogP contribution is 2.37. The van der Waals surface area contributed by atoms with Crippen molar-refractivity contribution in [2.45, 2.75) is 6.10 Å². The SMILES string of the molecule is O=c1/c(=C\C2=Cc3ccccc3OC2c2ccccc2)sc2nc(-c3ccc(Br)cc3)nn12. The van der Waals surface area contributed by atoms with E-state index in [4.69, 9.17) is 4.74 Å². The molecular weight excluding hydrogens is 498 g/mol. The van der Waals surface area contributed by atoms with Crippen molar-refractivity contribution in [1.29, 1.82) is 0 Å². The maximum absolute atomic E-state index is 13.2. The first-order chi connectivity index (χ1) is 16.2. The first-order valence-electron chi connectivity index (χ1n) is 10.4. The highest BCUT2D eigenvalue weighted by molar-refractivity contribution is 9.10. The molecule has 0 amide bonds. The van der Waals surface area contributed by atoms with Crippen LogP contribution < -0.4 is 14.8 Å². The molecule has 160 valence electrons. The fourth-order valence-corrected chi connectivity index (χ4v) is 5.04. The van der Waals surface area contributed by atoms with Crippen LogP contribution in [0.3, 0.4) is 0 Å². The largest absolute Gasteiger partial charge is 0.480 e. The maximum Gasteiger partial charge on any atom is 0.291 e. The Labute approximate surface area is 201 Å². The summed E-state index contributed by atoms with van der Waals surface area (Å²) in [7, 11) is 0. The van der Waals surface area contributed by atoms with Crippen LogP contribution in [-0.2, 0) is 0 Å². The van der Waals surface area contributed by atoms with Crippen LogP contribution in [0.1, 0.15) is 17.2 Å². The Hall–Kier alpha value is -3.55. The van der Waals surface area contributed by atoms with Crippen molar-refractivity contribution in [3.63, 3.8) is 0 Å². The Balaban J connectivity index is 1.46. The van der Waals surface area contributed by atoms with Gasteiger partial charge in [-0.15, -0.1) is 5.10 Å². The molecule has 0 N–H and O–H groups in total. The summed E-state index contributed by atoms with van der Waals surface area (Å²) in [5.74, 6) is 1.36. The number of halogens is 1. The minimum atomic E-state index is -0.304. The standard InChI is InChI=1S/C26H16BrN3O2S/c27-20-12-10-17(11-13-20)24-28-26-30(29-24)25(31)22(33-26)15-19-14-18-8-4-5-9-21(18)32-23(19)16-6-2-1-3-7-16/h1-15,23H/b22-15+. The molecule has 3 heterocycles. The van der Waals surface area contributed by atoms with E-state index in [-0.39, 0.29) is 11.7 Å². The minimum Gasteiger partial charge on any atom is -0.480 e. The van der Waals surface area contributed by atoms with Gasteiger partial charge in [-0.05, 0) is 41.5 Å². The lowest BCUT2D eigenvalue weighted by Crippen LogP contribution is -2.25. The zero-order valence-corrected chi connectivity index (χ0v) is 19.6. The van der Waals surface area contributed by atoms with Crippen LogP contribution in [0.4, 0.5) is 0 Å². The molecule has 1 aliphatic rings. The van der Waals surface area contributed by atoms with E-state index < -0.39 is 0 Å². The van der Waals surface area contributed by atoms with Crippen LogP contribution in [0.15, 0.2) is 93.7 Å². The number of aromatic nitrogens is 3. The molecule has 2 aromatic heterocycles. The predicted octanol–water partition coefficient (Wildman–Crippen LogP) is 5.30. The molecule has 1 unspecified atom stereocenters. The third-order valence-corrected chi connectivity index (χ3v) is 6.96. The summed E-state index contributed by atoms with van der Waals surface area (Å²) in [6.07, 6.45) is 3.68. The molecule has 7 heteroatoms. The topological polar surface area (TPSA) is 56.5 Å². The van der Waals surface area contributed by atoms with Gasteiger partial charge in [0.15, 0.2) is 5.82 Å². The van der Waals surface area contributed by atoms with Crippen molar-refractivity contribution in [2.75, 3.05) is 0 Å². The van der Waals surface area contributed by atoms with Crippen molar-refractivity contribution < 1.29 is 4.74 Å². The van der Waals surface area contributed by atoms with E-state index in [0.29, 0.717) is 15.3 Å². The van der Waals surface area contributed by atoms with Gasteiger partial charge in [-0.2, -0.15) is 9.50 Å². The Morgan fingerprint density at radius 1 is 0.970 bits per heavy atom. The van der Waals surface area contributed by atoms with Gasteiger partial charge in [0.25, 0.3) is 5.56 Å². The van der Waals surface area contributed by atoms with Gasteiger partial charge >= 0.3 is 0 Å². The number of para-hydroxylation sites is 1. The molecule has 0 aliphatic carbocycles. The lowest BCUT2D eigenvalue weighted by atomic mass is 9.96. The lowest BCUT2D eigenvalue weighted by molar-refractivity contribution is 0.244. The average molecular weight is 514 g/mol. The van der Waals surface area contributed by atoms with Crippen molar-refractivity contribution in [3.8, 4) is 17.1 Å². The van der Waals surface area contributed by atoms with Crippen molar-refractivity contribution in [3.05, 3.63) is 115 Å². The van der Waals surface area contributed by atoms with E-state index in [2.05, 4.69) is 32.1 Å². The summed E-state index contributed by atoms with van der Waals surface area (Å²) in [6.45, 7) is 0. The summed E-state index contributed by atoms with van der Waals surface area (Å²) in [5.41, 5.74) is 3.61. The molecule has 0 saturated heterocycles. The molecule has 0 bridgehead atoms. The molecule has 0 fully saturated rings. The average Bonchev–Trinajstić information content (AvgIpc) is 3.39. The van der Waals surface area contributed by atoms with Gasteiger partial charge in [-0.25, -0.2) is 0 Å². The van der Waals surface area contributed by atoms with Crippen LogP contribution in [0.25, 0.3) is 28.5 Å². The zero-order valence-electron chi connectivity index (χ0n) is 17.2. The minimum absolute atomic E-state index is 0.183. The van der Waals surface area contributed by atoms with Crippen LogP contribution in [-0.4, -0.2) is 14.6 Å². The number of thiazole rings is 1. The van der Waals surface area contributed by atoms with Crippen LogP contribution >= 0.6 is 27.3 Å². The molecule has 0 spiro atoms. The van der Waals surface area contributed by atoms with Crippen LogP contribution in [0.2, 0.25) is 0 Å². The van der Waals surface area contributed by atoms with Crippen molar-refractivity contribution in [1.82, 2.24) is 14.6 Å². The second kappa shape index (κ2) is 8.10. The molecule has 5 nitrogen and oxygen atoms in total. The second-order valence-corrected chi connectivity index (χ2v) is 9.57. The van der Waals surface area contributed by atoms with Gasteiger partial charge in [-0.1, -0.05) is 87.9 Å².